The largest absolute Gasteiger partial charge is 0.313 e. The zero-order valence-electron chi connectivity index (χ0n) is 12.6. The Morgan fingerprint density at radius 2 is 1.59 bits per heavy atom. The SMILES string of the molecule is CCS(=O)[C@H](C)[C@H](N(O)C(C)(C)C)C(C)(C)C. The second-order valence-electron chi connectivity index (χ2n) is 6.70. The highest BCUT2D eigenvalue weighted by Gasteiger charge is 2.40. The predicted molar refractivity (Wildman–Crippen MR) is 74.8 cm³/mol. The molecule has 1 unspecified atom stereocenters. The first-order chi connectivity index (χ1) is 7.42. The van der Waals surface area contributed by atoms with Gasteiger partial charge in [0.2, 0.25) is 0 Å². The van der Waals surface area contributed by atoms with Gasteiger partial charge in [-0.15, -0.1) is 0 Å². The van der Waals surface area contributed by atoms with Crippen LogP contribution in [0.15, 0.2) is 0 Å². The second-order valence-corrected chi connectivity index (χ2v) is 8.78. The lowest BCUT2D eigenvalue weighted by Gasteiger charge is -2.45. The van der Waals surface area contributed by atoms with Crippen molar-refractivity contribution in [3.8, 4) is 0 Å². The third kappa shape index (κ3) is 4.68. The molecule has 4 heteroatoms. The average molecular weight is 263 g/mol. The summed E-state index contributed by atoms with van der Waals surface area (Å²) in [5.41, 5.74) is -0.462. The van der Waals surface area contributed by atoms with Crippen molar-refractivity contribution >= 4 is 10.8 Å². The summed E-state index contributed by atoms with van der Waals surface area (Å²) in [7, 11) is -0.905. The Balaban J connectivity index is 5.24. The van der Waals surface area contributed by atoms with Gasteiger partial charge in [-0.25, -0.2) is 0 Å². The average Bonchev–Trinajstić information content (AvgIpc) is 2.12. The molecule has 1 N–H and O–H groups in total. The smallest absolute Gasteiger partial charge is 0.0545 e. The molecule has 0 rings (SSSR count). The maximum Gasteiger partial charge on any atom is 0.0545 e. The van der Waals surface area contributed by atoms with Crippen LogP contribution >= 0.6 is 0 Å². The molecule has 0 bridgehead atoms. The van der Waals surface area contributed by atoms with Crippen molar-refractivity contribution in [2.24, 2.45) is 5.41 Å². The van der Waals surface area contributed by atoms with Crippen LogP contribution in [0.5, 0.6) is 0 Å². The lowest BCUT2D eigenvalue weighted by molar-refractivity contribution is -0.208. The van der Waals surface area contributed by atoms with Gasteiger partial charge in [-0.1, -0.05) is 27.7 Å². The van der Waals surface area contributed by atoms with Crippen LogP contribution in [-0.4, -0.2) is 37.1 Å². The molecule has 0 heterocycles. The summed E-state index contributed by atoms with van der Waals surface area (Å²) in [6.45, 7) is 16.0. The summed E-state index contributed by atoms with van der Waals surface area (Å²) < 4.78 is 12.0. The summed E-state index contributed by atoms with van der Waals surface area (Å²) in [6, 6.07) is -0.122. The van der Waals surface area contributed by atoms with E-state index < -0.39 is 10.8 Å². The number of hydrogen-bond donors (Lipinski definition) is 1. The van der Waals surface area contributed by atoms with Crippen molar-refractivity contribution in [2.75, 3.05) is 5.75 Å². The van der Waals surface area contributed by atoms with E-state index >= 15 is 0 Å². The summed E-state index contributed by atoms with van der Waals surface area (Å²) in [6.07, 6.45) is 0. The fraction of sp³-hybridized carbons (Fsp3) is 1.00. The summed E-state index contributed by atoms with van der Waals surface area (Å²) >= 11 is 0. The molecule has 104 valence electrons. The van der Waals surface area contributed by atoms with Gasteiger partial charge in [0.15, 0.2) is 0 Å². The highest BCUT2D eigenvalue weighted by atomic mass is 32.2. The van der Waals surface area contributed by atoms with Gasteiger partial charge >= 0.3 is 0 Å². The minimum Gasteiger partial charge on any atom is -0.313 e. The van der Waals surface area contributed by atoms with Gasteiger partial charge in [-0.05, 0) is 33.1 Å². The van der Waals surface area contributed by atoms with Crippen LogP contribution < -0.4 is 0 Å². The highest BCUT2D eigenvalue weighted by Crippen LogP contribution is 2.32. The Bertz CT molecular complexity index is 266. The molecule has 3 nitrogen and oxygen atoms in total. The fourth-order valence-electron chi connectivity index (χ4n) is 2.09. The molecule has 0 fully saturated rings. The van der Waals surface area contributed by atoms with E-state index in [1.807, 2.05) is 34.6 Å². The Kier molecular flexibility index (Phi) is 5.83. The van der Waals surface area contributed by atoms with E-state index in [1.165, 1.54) is 5.06 Å². The zero-order chi connectivity index (χ0) is 14.0. The van der Waals surface area contributed by atoms with Crippen molar-refractivity contribution in [1.29, 1.82) is 0 Å². The molecule has 0 aliphatic rings. The molecule has 0 aliphatic carbocycles. The van der Waals surface area contributed by atoms with Crippen molar-refractivity contribution in [3.05, 3.63) is 0 Å². The van der Waals surface area contributed by atoms with E-state index in [0.29, 0.717) is 5.75 Å². The Morgan fingerprint density at radius 3 is 1.82 bits per heavy atom. The first kappa shape index (κ1) is 17.1. The summed E-state index contributed by atoms with van der Waals surface area (Å²) in [5, 5.41) is 11.7. The van der Waals surface area contributed by atoms with E-state index in [9.17, 15) is 9.42 Å². The van der Waals surface area contributed by atoms with Crippen LogP contribution in [-0.2, 0) is 10.8 Å². The first-order valence-corrected chi connectivity index (χ1v) is 7.66. The van der Waals surface area contributed by atoms with Gasteiger partial charge < -0.3 is 5.21 Å². The quantitative estimate of drug-likeness (QED) is 0.793. The maximum absolute atomic E-state index is 12.0. The topological polar surface area (TPSA) is 40.5 Å². The molecule has 0 amide bonds. The van der Waals surface area contributed by atoms with Gasteiger partial charge in [0.25, 0.3) is 0 Å². The Hall–Kier alpha value is 0.0700. The van der Waals surface area contributed by atoms with Crippen LogP contribution in [0.25, 0.3) is 0 Å². The number of rotatable bonds is 4. The molecule has 0 aromatic carbocycles. The van der Waals surface area contributed by atoms with Gasteiger partial charge in [0, 0.05) is 22.1 Å². The van der Waals surface area contributed by atoms with Crippen LogP contribution in [0.1, 0.15) is 55.4 Å². The molecule has 0 saturated carbocycles. The van der Waals surface area contributed by atoms with Gasteiger partial charge in [0.1, 0.15) is 0 Å². The molecular formula is C13H29NO2S. The predicted octanol–water partition coefficient (Wildman–Crippen LogP) is 3.05. The first-order valence-electron chi connectivity index (χ1n) is 6.28. The standard InChI is InChI=1S/C13H29NO2S/c1-9-17(16)10(2)11(12(3,4)5)14(15)13(6,7)8/h10-11,15H,9H2,1-8H3/t10-,11+,17?/m1/s1. The molecule has 3 atom stereocenters. The second kappa shape index (κ2) is 5.81. The maximum atomic E-state index is 12.0. The van der Waals surface area contributed by atoms with Crippen LogP contribution in [0.3, 0.4) is 0 Å². The summed E-state index contributed by atoms with van der Waals surface area (Å²) in [5.74, 6) is 0.631. The number of hydrogen-bond acceptors (Lipinski definition) is 3. The molecule has 0 saturated heterocycles. The minimum absolute atomic E-state index is 0.0516. The van der Waals surface area contributed by atoms with E-state index in [1.54, 1.807) is 0 Å². The van der Waals surface area contributed by atoms with Crippen molar-refractivity contribution < 1.29 is 9.42 Å². The number of hydroxylamine groups is 2. The van der Waals surface area contributed by atoms with E-state index in [4.69, 9.17) is 0 Å². The van der Waals surface area contributed by atoms with E-state index in [2.05, 4.69) is 20.8 Å². The van der Waals surface area contributed by atoms with E-state index in [-0.39, 0.29) is 22.2 Å². The molecule has 17 heavy (non-hydrogen) atoms. The molecule has 0 aromatic rings. The normalized spacial score (nSPS) is 19.2. The van der Waals surface area contributed by atoms with Crippen LogP contribution in [0.4, 0.5) is 0 Å². The Morgan fingerprint density at radius 1 is 1.18 bits per heavy atom. The molecule has 0 aromatic heterocycles. The fourth-order valence-corrected chi connectivity index (χ4v) is 3.43. The lowest BCUT2D eigenvalue weighted by Crippen LogP contribution is -2.57. The van der Waals surface area contributed by atoms with Crippen molar-refractivity contribution in [2.45, 2.75) is 72.2 Å². The van der Waals surface area contributed by atoms with Gasteiger partial charge in [-0.3, -0.25) is 4.21 Å². The molecule has 0 spiro atoms. The van der Waals surface area contributed by atoms with Crippen LogP contribution in [0, 0.1) is 5.41 Å². The molecule has 0 radical (unpaired) electrons. The Labute approximate surface area is 109 Å². The monoisotopic (exact) mass is 263 g/mol. The number of nitrogens with zero attached hydrogens (tertiary/aromatic N) is 1. The summed E-state index contributed by atoms with van der Waals surface area (Å²) in [4.78, 5) is 0. The van der Waals surface area contributed by atoms with Crippen LogP contribution in [0.2, 0.25) is 0 Å². The van der Waals surface area contributed by atoms with Gasteiger partial charge in [0.05, 0.1) is 11.3 Å². The lowest BCUT2D eigenvalue weighted by atomic mass is 9.83. The molecule has 0 aliphatic heterocycles. The third-order valence-corrected chi connectivity index (χ3v) is 4.64. The third-order valence-electron chi connectivity index (χ3n) is 2.98. The zero-order valence-corrected chi connectivity index (χ0v) is 13.4. The van der Waals surface area contributed by atoms with E-state index in [0.717, 1.165) is 0 Å². The van der Waals surface area contributed by atoms with Gasteiger partial charge in [-0.2, -0.15) is 5.06 Å². The molecular weight excluding hydrogens is 234 g/mol. The highest BCUT2D eigenvalue weighted by molar-refractivity contribution is 7.85. The van der Waals surface area contributed by atoms with Crippen molar-refractivity contribution in [1.82, 2.24) is 5.06 Å². The minimum atomic E-state index is -0.905. The van der Waals surface area contributed by atoms with Crippen molar-refractivity contribution in [3.63, 3.8) is 0 Å².